The number of phenols is 1. The van der Waals surface area contributed by atoms with E-state index in [0.717, 1.165) is 11.4 Å². The summed E-state index contributed by atoms with van der Waals surface area (Å²) in [5.74, 6) is -0.306. The summed E-state index contributed by atoms with van der Waals surface area (Å²) in [6, 6.07) is 20.0. The minimum atomic E-state index is -0.434. The molecule has 1 aliphatic rings. The predicted octanol–water partition coefficient (Wildman–Crippen LogP) is 5.55. The Bertz CT molecular complexity index is 1300. The third-order valence-corrected chi connectivity index (χ3v) is 6.04. The SMILES string of the molecule is Oc1ccc(Cl)cc1N1C(=S)N[C@H](c2ccccn2)[C@@H]1c1cccn1-c1ccccc1F. The predicted molar refractivity (Wildman–Crippen MR) is 127 cm³/mol. The number of hydrogen-bond donors (Lipinski definition) is 2. The molecule has 2 aromatic carbocycles. The molecule has 5 rings (SSSR count). The highest BCUT2D eigenvalue weighted by Gasteiger charge is 2.43. The van der Waals surface area contributed by atoms with Gasteiger partial charge in [-0.3, -0.25) is 4.98 Å². The van der Waals surface area contributed by atoms with E-state index in [1.165, 1.54) is 12.1 Å². The molecule has 2 N–H and O–H groups in total. The van der Waals surface area contributed by atoms with Crippen LogP contribution in [0.4, 0.5) is 10.1 Å². The van der Waals surface area contributed by atoms with Crippen LogP contribution in [0.25, 0.3) is 5.69 Å². The van der Waals surface area contributed by atoms with Gasteiger partial charge in [-0.25, -0.2) is 4.39 Å². The molecular weight excluding hydrogens is 447 g/mol. The number of benzene rings is 2. The molecule has 0 unspecified atom stereocenters. The van der Waals surface area contributed by atoms with Crippen LogP contribution < -0.4 is 10.2 Å². The van der Waals surface area contributed by atoms with Crippen molar-refractivity contribution in [3.05, 3.63) is 107 Å². The van der Waals surface area contributed by atoms with Crippen LogP contribution in [-0.2, 0) is 0 Å². The fourth-order valence-electron chi connectivity index (χ4n) is 4.11. The van der Waals surface area contributed by atoms with Gasteiger partial charge in [-0.1, -0.05) is 29.8 Å². The number of hydrogen-bond acceptors (Lipinski definition) is 3. The monoisotopic (exact) mass is 464 g/mol. The van der Waals surface area contributed by atoms with E-state index in [9.17, 15) is 9.50 Å². The van der Waals surface area contributed by atoms with E-state index < -0.39 is 6.04 Å². The zero-order valence-electron chi connectivity index (χ0n) is 16.7. The van der Waals surface area contributed by atoms with Crippen molar-refractivity contribution < 1.29 is 9.50 Å². The minimum Gasteiger partial charge on any atom is -0.506 e. The molecule has 0 spiro atoms. The number of aromatic nitrogens is 2. The van der Waals surface area contributed by atoms with Crippen LogP contribution >= 0.6 is 23.8 Å². The topological polar surface area (TPSA) is 53.3 Å². The first-order valence-corrected chi connectivity index (χ1v) is 10.7. The lowest BCUT2D eigenvalue weighted by Crippen LogP contribution is -2.30. The highest BCUT2D eigenvalue weighted by molar-refractivity contribution is 7.80. The average Bonchev–Trinajstić information content (AvgIpc) is 3.40. The van der Waals surface area contributed by atoms with Gasteiger partial charge in [0.2, 0.25) is 0 Å². The van der Waals surface area contributed by atoms with Gasteiger partial charge >= 0.3 is 0 Å². The number of nitrogens with zero attached hydrogens (tertiary/aromatic N) is 3. The maximum atomic E-state index is 14.7. The number of para-hydroxylation sites is 1. The number of pyridine rings is 1. The second kappa shape index (κ2) is 8.26. The molecule has 0 aliphatic carbocycles. The molecule has 160 valence electrons. The Kier molecular flexibility index (Phi) is 5.28. The fourth-order valence-corrected chi connectivity index (χ4v) is 4.61. The molecule has 0 radical (unpaired) electrons. The summed E-state index contributed by atoms with van der Waals surface area (Å²) in [5, 5.41) is 14.8. The Morgan fingerprint density at radius 1 is 1.00 bits per heavy atom. The molecule has 1 fully saturated rings. The fraction of sp³-hybridized carbons (Fsp3) is 0.0833. The maximum absolute atomic E-state index is 14.7. The lowest BCUT2D eigenvalue weighted by Gasteiger charge is -2.29. The summed E-state index contributed by atoms with van der Waals surface area (Å²) < 4.78 is 16.5. The van der Waals surface area contributed by atoms with Crippen LogP contribution in [0.1, 0.15) is 23.5 Å². The molecule has 1 saturated heterocycles. The van der Waals surface area contributed by atoms with Crippen molar-refractivity contribution in [2.75, 3.05) is 4.90 Å². The van der Waals surface area contributed by atoms with Gasteiger partial charge in [0.25, 0.3) is 0 Å². The second-order valence-corrected chi connectivity index (χ2v) is 8.21. The summed E-state index contributed by atoms with van der Waals surface area (Å²) >= 11 is 11.9. The highest BCUT2D eigenvalue weighted by Crippen LogP contribution is 2.45. The van der Waals surface area contributed by atoms with Crippen LogP contribution in [0.2, 0.25) is 5.02 Å². The summed E-state index contributed by atoms with van der Waals surface area (Å²) in [5.41, 5.74) is 2.42. The molecule has 8 heteroatoms. The van der Waals surface area contributed by atoms with E-state index >= 15 is 0 Å². The number of halogens is 2. The molecule has 4 aromatic rings. The van der Waals surface area contributed by atoms with Crippen LogP contribution in [0, 0.1) is 5.82 Å². The van der Waals surface area contributed by atoms with E-state index in [1.54, 1.807) is 47.3 Å². The number of rotatable bonds is 4. The van der Waals surface area contributed by atoms with Gasteiger partial charge in [-0.05, 0) is 66.8 Å². The number of anilines is 1. The van der Waals surface area contributed by atoms with Gasteiger partial charge in [0.1, 0.15) is 17.6 Å². The van der Waals surface area contributed by atoms with Crippen molar-refractivity contribution in [2.24, 2.45) is 0 Å². The van der Waals surface area contributed by atoms with Crippen LogP contribution in [0.15, 0.2) is 85.2 Å². The van der Waals surface area contributed by atoms with Gasteiger partial charge in [0.15, 0.2) is 5.11 Å². The first-order valence-electron chi connectivity index (χ1n) is 9.96. The smallest absolute Gasteiger partial charge is 0.174 e. The van der Waals surface area contributed by atoms with E-state index in [-0.39, 0.29) is 17.6 Å². The zero-order valence-corrected chi connectivity index (χ0v) is 18.3. The zero-order chi connectivity index (χ0) is 22.2. The van der Waals surface area contributed by atoms with E-state index in [1.807, 2.05) is 35.2 Å². The van der Waals surface area contributed by atoms with Crippen LogP contribution in [0.5, 0.6) is 5.75 Å². The summed E-state index contributed by atoms with van der Waals surface area (Å²) in [4.78, 5) is 6.33. The van der Waals surface area contributed by atoms with Gasteiger partial charge in [-0.2, -0.15) is 0 Å². The Hall–Kier alpha value is -3.42. The molecule has 5 nitrogen and oxygen atoms in total. The van der Waals surface area contributed by atoms with E-state index in [0.29, 0.717) is 21.5 Å². The van der Waals surface area contributed by atoms with Crippen molar-refractivity contribution in [3.8, 4) is 11.4 Å². The van der Waals surface area contributed by atoms with Gasteiger partial charge in [0.05, 0.1) is 23.1 Å². The van der Waals surface area contributed by atoms with Crippen molar-refractivity contribution in [1.82, 2.24) is 14.9 Å². The van der Waals surface area contributed by atoms with Gasteiger partial charge < -0.3 is 19.9 Å². The largest absolute Gasteiger partial charge is 0.506 e. The number of thiocarbonyl (C=S) groups is 1. The third-order valence-electron chi connectivity index (χ3n) is 5.49. The van der Waals surface area contributed by atoms with Crippen molar-refractivity contribution >= 4 is 34.6 Å². The molecular formula is C24H18ClFN4OS. The van der Waals surface area contributed by atoms with Gasteiger partial charge in [-0.15, -0.1) is 0 Å². The lowest BCUT2D eigenvalue weighted by atomic mass is 10.0. The summed E-state index contributed by atoms with van der Waals surface area (Å²) in [7, 11) is 0. The third kappa shape index (κ3) is 3.49. The van der Waals surface area contributed by atoms with Crippen LogP contribution in [-0.4, -0.2) is 19.8 Å². The first kappa shape index (κ1) is 20.5. The molecule has 0 saturated carbocycles. The first-order chi connectivity index (χ1) is 15.5. The quantitative estimate of drug-likeness (QED) is 0.388. The maximum Gasteiger partial charge on any atom is 0.174 e. The highest BCUT2D eigenvalue weighted by atomic mass is 35.5. The summed E-state index contributed by atoms with van der Waals surface area (Å²) in [6.45, 7) is 0. The average molecular weight is 465 g/mol. The number of phenolic OH excluding ortho intramolecular Hbond substituents is 1. The van der Waals surface area contributed by atoms with Crippen LogP contribution in [0.3, 0.4) is 0 Å². The van der Waals surface area contributed by atoms with Crippen molar-refractivity contribution in [1.29, 1.82) is 0 Å². The van der Waals surface area contributed by atoms with E-state index in [2.05, 4.69) is 10.3 Å². The Balaban J connectivity index is 1.71. The molecule has 32 heavy (non-hydrogen) atoms. The molecule has 1 aliphatic heterocycles. The van der Waals surface area contributed by atoms with Crippen molar-refractivity contribution in [3.63, 3.8) is 0 Å². The second-order valence-electron chi connectivity index (χ2n) is 7.38. The molecule has 2 atom stereocenters. The standard InChI is InChI=1S/C24H18ClFN4OS/c25-15-10-11-21(31)20(14-15)30-23(22(28-24(30)32)17-7-3-4-12-27-17)19-9-5-13-29(19)18-8-2-1-6-16(18)26/h1-14,22-23,31H,(H,28,32)/t22-,23+/m1/s1. The van der Waals surface area contributed by atoms with Crippen molar-refractivity contribution in [2.45, 2.75) is 12.1 Å². The lowest BCUT2D eigenvalue weighted by molar-refractivity contribution is 0.471. The van der Waals surface area contributed by atoms with Gasteiger partial charge in [0, 0.05) is 23.1 Å². The molecule has 0 bridgehead atoms. The Morgan fingerprint density at radius 3 is 2.59 bits per heavy atom. The number of aromatic hydroxyl groups is 1. The summed E-state index contributed by atoms with van der Waals surface area (Å²) in [6.07, 6.45) is 3.52. The molecule has 2 aromatic heterocycles. The number of nitrogens with one attached hydrogen (secondary N) is 1. The Labute approximate surface area is 194 Å². The molecule has 3 heterocycles. The van der Waals surface area contributed by atoms with E-state index in [4.69, 9.17) is 23.8 Å². The Morgan fingerprint density at radius 2 is 1.81 bits per heavy atom. The normalized spacial score (nSPS) is 18.1. The minimum absolute atomic E-state index is 0.0363. The molecule has 0 amide bonds.